The second-order valence-corrected chi connectivity index (χ2v) is 5.12. The van der Waals surface area contributed by atoms with E-state index >= 15 is 0 Å². The Hall–Kier alpha value is -1.34. The molecule has 0 bridgehead atoms. The first-order chi connectivity index (χ1) is 9.54. The van der Waals surface area contributed by atoms with Gasteiger partial charge in [0, 0.05) is 12.1 Å². The van der Waals surface area contributed by atoms with Crippen LogP contribution in [0, 0.1) is 0 Å². The van der Waals surface area contributed by atoms with E-state index in [1.54, 1.807) is 0 Å². The van der Waals surface area contributed by atoms with E-state index in [1.807, 2.05) is 0 Å². The summed E-state index contributed by atoms with van der Waals surface area (Å²) in [6.07, 6.45) is -1.74. The molecule has 4 nitrogen and oxygen atoms in total. The Morgan fingerprint density at radius 1 is 1.25 bits per heavy atom. The summed E-state index contributed by atoms with van der Waals surface area (Å²) >= 11 is 0. The van der Waals surface area contributed by atoms with Crippen LogP contribution in [-0.2, 0) is 6.18 Å². The largest absolute Gasteiger partial charge is 0.458 e. The molecule has 3 rings (SSSR count). The van der Waals surface area contributed by atoms with Crippen molar-refractivity contribution >= 4 is 0 Å². The number of halogens is 3. The van der Waals surface area contributed by atoms with Crippen molar-refractivity contribution in [1.82, 2.24) is 15.2 Å². The van der Waals surface area contributed by atoms with Crippen LogP contribution < -0.4 is 10.1 Å². The number of hydrogen-bond acceptors (Lipinski definition) is 4. The number of nitrogens with one attached hydrogen (secondary N) is 1. The van der Waals surface area contributed by atoms with E-state index in [4.69, 9.17) is 4.74 Å². The van der Waals surface area contributed by atoms with Crippen molar-refractivity contribution in [1.29, 1.82) is 0 Å². The van der Waals surface area contributed by atoms with Crippen LogP contribution in [0.2, 0.25) is 0 Å². The maximum absolute atomic E-state index is 12.6. The van der Waals surface area contributed by atoms with Gasteiger partial charge in [-0.3, -0.25) is 4.90 Å². The van der Waals surface area contributed by atoms with E-state index in [-0.39, 0.29) is 12.1 Å². The molecule has 2 fully saturated rings. The van der Waals surface area contributed by atoms with Gasteiger partial charge in [-0.1, -0.05) is 6.07 Å². The number of aromatic nitrogens is 1. The quantitative estimate of drug-likeness (QED) is 0.905. The minimum absolute atomic E-state index is 0.0380. The van der Waals surface area contributed by atoms with Gasteiger partial charge in [0.25, 0.3) is 0 Å². The van der Waals surface area contributed by atoms with E-state index in [1.165, 1.54) is 12.1 Å². The Morgan fingerprint density at radius 3 is 2.90 bits per heavy atom. The Labute approximate surface area is 114 Å². The van der Waals surface area contributed by atoms with Crippen molar-refractivity contribution in [3.05, 3.63) is 23.9 Å². The van der Waals surface area contributed by atoms with E-state index in [9.17, 15) is 13.2 Å². The van der Waals surface area contributed by atoms with Crippen molar-refractivity contribution in [2.24, 2.45) is 0 Å². The summed E-state index contributed by atoms with van der Waals surface area (Å²) in [5, 5.41) is 3.25. The molecular formula is C13H16F3N3O. The maximum atomic E-state index is 12.6. The topological polar surface area (TPSA) is 37.4 Å². The molecule has 0 aromatic carbocycles. The summed E-state index contributed by atoms with van der Waals surface area (Å²) in [6, 6.07) is 4.21. The number of ether oxygens (including phenoxy) is 1. The molecule has 110 valence electrons. The summed E-state index contributed by atoms with van der Waals surface area (Å²) in [6.45, 7) is 1.70. The van der Waals surface area contributed by atoms with Crippen LogP contribution in [-0.4, -0.2) is 35.4 Å². The molecule has 0 spiro atoms. The number of fused-ring (bicyclic) bond motifs is 1. The van der Waals surface area contributed by atoms with Crippen LogP contribution in [0.5, 0.6) is 5.88 Å². The van der Waals surface area contributed by atoms with Crippen LogP contribution in [0.3, 0.4) is 0 Å². The highest BCUT2D eigenvalue weighted by molar-refractivity contribution is 5.18. The summed E-state index contributed by atoms with van der Waals surface area (Å²) in [5.74, 6) is 0.0380. The second-order valence-electron chi connectivity index (χ2n) is 5.12. The van der Waals surface area contributed by atoms with Gasteiger partial charge < -0.3 is 10.1 Å². The molecule has 0 unspecified atom stereocenters. The highest BCUT2D eigenvalue weighted by atomic mass is 19.4. The van der Waals surface area contributed by atoms with Gasteiger partial charge in [-0.05, 0) is 31.9 Å². The highest BCUT2D eigenvalue weighted by Crippen LogP contribution is 2.31. The van der Waals surface area contributed by atoms with Crippen molar-refractivity contribution < 1.29 is 17.9 Å². The predicted octanol–water partition coefficient (Wildman–Crippen LogP) is 2.22. The molecule has 1 N–H and O–H groups in total. The molecule has 20 heavy (non-hydrogen) atoms. The fourth-order valence-corrected chi connectivity index (χ4v) is 2.82. The lowest BCUT2D eigenvalue weighted by Gasteiger charge is -2.33. The number of nitrogens with zero attached hydrogens (tertiary/aromatic N) is 2. The fraction of sp³-hybridized carbons (Fsp3) is 0.615. The Morgan fingerprint density at radius 2 is 2.10 bits per heavy atom. The fourth-order valence-electron chi connectivity index (χ4n) is 2.82. The minimum atomic E-state index is -4.44. The van der Waals surface area contributed by atoms with Crippen molar-refractivity contribution in [3.8, 4) is 5.88 Å². The monoisotopic (exact) mass is 287 g/mol. The lowest BCUT2D eigenvalue weighted by atomic mass is 10.1. The summed E-state index contributed by atoms with van der Waals surface area (Å²) < 4.78 is 43.5. The minimum Gasteiger partial charge on any atom is -0.458 e. The van der Waals surface area contributed by atoms with Gasteiger partial charge in [0.05, 0.1) is 6.67 Å². The van der Waals surface area contributed by atoms with Crippen LogP contribution in [0.4, 0.5) is 13.2 Å². The smallest absolute Gasteiger partial charge is 0.433 e. The molecule has 7 heteroatoms. The van der Waals surface area contributed by atoms with Crippen LogP contribution in [0.1, 0.15) is 25.0 Å². The Bertz CT molecular complexity index is 480. The van der Waals surface area contributed by atoms with E-state index in [2.05, 4.69) is 15.2 Å². The molecule has 2 saturated heterocycles. The molecule has 3 heterocycles. The lowest BCUT2D eigenvalue weighted by Crippen LogP contribution is -2.50. The zero-order valence-electron chi connectivity index (χ0n) is 10.9. The van der Waals surface area contributed by atoms with Gasteiger partial charge >= 0.3 is 6.18 Å². The summed E-state index contributed by atoms with van der Waals surface area (Å²) in [7, 11) is 0. The first kappa shape index (κ1) is 13.6. The number of rotatable bonds is 2. The molecular weight excluding hydrogens is 271 g/mol. The third kappa shape index (κ3) is 2.73. The number of hydrogen-bond donors (Lipinski definition) is 1. The number of pyridine rings is 1. The second kappa shape index (κ2) is 5.21. The van der Waals surface area contributed by atoms with Gasteiger partial charge in [0.15, 0.2) is 6.23 Å². The molecule has 0 aliphatic carbocycles. The SMILES string of the molecule is FC(F)(F)c1cccc(O[C@H]2CC[C@H]3CCNCN32)n1. The van der Waals surface area contributed by atoms with Gasteiger partial charge in [0.2, 0.25) is 5.88 Å². The average molecular weight is 287 g/mol. The first-order valence-electron chi connectivity index (χ1n) is 6.71. The van der Waals surface area contributed by atoms with Crippen LogP contribution in [0.25, 0.3) is 0 Å². The van der Waals surface area contributed by atoms with Crippen LogP contribution in [0.15, 0.2) is 18.2 Å². The van der Waals surface area contributed by atoms with Crippen LogP contribution >= 0.6 is 0 Å². The van der Waals surface area contributed by atoms with Gasteiger partial charge in [0.1, 0.15) is 5.69 Å². The maximum Gasteiger partial charge on any atom is 0.433 e. The van der Waals surface area contributed by atoms with Gasteiger partial charge in [-0.2, -0.15) is 13.2 Å². The third-order valence-electron chi connectivity index (χ3n) is 3.81. The molecule has 0 radical (unpaired) electrons. The standard InChI is InChI=1S/C13H16F3N3O/c14-13(15,16)10-2-1-3-11(18-10)20-12-5-4-9-6-7-17-8-19(9)12/h1-3,9,12,17H,4-8H2/t9-,12-/m0/s1. The Kier molecular flexibility index (Phi) is 3.55. The molecule has 2 atom stereocenters. The average Bonchev–Trinajstić information content (AvgIpc) is 2.82. The molecule has 1 aromatic heterocycles. The van der Waals surface area contributed by atoms with E-state index < -0.39 is 11.9 Å². The zero-order valence-corrected chi connectivity index (χ0v) is 10.9. The van der Waals surface area contributed by atoms with Crippen molar-refractivity contribution in [2.45, 2.75) is 37.7 Å². The predicted molar refractivity (Wildman–Crippen MR) is 66.0 cm³/mol. The van der Waals surface area contributed by atoms with Crippen molar-refractivity contribution in [2.75, 3.05) is 13.2 Å². The third-order valence-corrected chi connectivity index (χ3v) is 3.81. The number of alkyl halides is 3. The van der Waals surface area contributed by atoms with Crippen molar-refractivity contribution in [3.63, 3.8) is 0 Å². The zero-order chi connectivity index (χ0) is 14.2. The normalized spacial score (nSPS) is 27.4. The van der Waals surface area contributed by atoms with E-state index in [0.717, 1.165) is 31.9 Å². The molecule has 0 saturated carbocycles. The molecule has 1 aromatic rings. The Balaban J connectivity index is 1.72. The highest BCUT2D eigenvalue weighted by Gasteiger charge is 2.37. The lowest BCUT2D eigenvalue weighted by molar-refractivity contribution is -0.141. The summed E-state index contributed by atoms with van der Waals surface area (Å²) in [4.78, 5) is 5.71. The first-order valence-corrected chi connectivity index (χ1v) is 6.71. The molecule has 0 amide bonds. The molecule has 2 aliphatic rings. The summed E-state index contributed by atoms with van der Waals surface area (Å²) in [5.41, 5.74) is -0.915. The van der Waals surface area contributed by atoms with E-state index in [0.29, 0.717) is 12.7 Å². The molecule has 2 aliphatic heterocycles. The van der Waals surface area contributed by atoms with Gasteiger partial charge in [-0.25, -0.2) is 4.98 Å². The van der Waals surface area contributed by atoms with Gasteiger partial charge in [-0.15, -0.1) is 0 Å².